The molecule has 5 rings (SSSR count). The average Bonchev–Trinajstić information content (AvgIpc) is 3.56. The van der Waals surface area contributed by atoms with Gasteiger partial charge in [0.1, 0.15) is 0 Å². The van der Waals surface area contributed by atoms with Gasteiger partial charge in [0.15, 0.2) is 11.2 Å². The van der Waals surface area contributed by atoms with Crippen LogP contribution >= 0.6 is 0 Å². The molecule has 4 nitrogen and oxygen atoms in total. The zero-order valence-corrected chi connectivity index (χ0v) is 15.3. The van der Waals surface area contributed by atoms with Gasteiger partial charge in [0.05, 0.1) is 24.2 Å². The molecule has 0 spiro atoms. The maximum Gasteiger partial charge on any atom is 0.176 e. The predicted octanol–water partition coefficient (Wildman–Crippen LogP) is 4.07. The van der Waals surface area contributed by atoms with Gasteiger partial charge in [-0.15, -0.1) is 0 Å². The topological polar surface area (TPSA) is 67.9 Å². The summed E-state index contributed by atoms with van der Waals surface area (Å²) in [6, 6.07) is 21.3. The summed E-state index contributed by atoms with van der Waals surface area (Å²) in [5, 5.41) is 20.5. The Morgan fingerprint density at radius 3 is 2.36 bits per heavy atom. The molecular weight excluding hydrogens is 346 g/mol. The molecule has 0 aromatic heterocycles. The van der Waals surface area contributed by atoms with Crippen LogP contribution in [0.3, 0.4) is 0 Å². The molecule has 1 saturated heterocycles. The van der Waals surface area contributed by atoms with Crippen molar-refractivity contribution in [2.24, 2.45) is 11.3 Å². The maximum absolute atomic E-state index is 13.5. The van der Waals surface area contributed by atoms with Crippen LogP contribution in [0.25, 0.3) is 6.08 Å². The summed E-state index contributed by atoms with van der Waals surface area (Å²) in [6.07, 6.45) is 5.72. The summed E-state index contributed by atoms with van der Waals surface area (Å²) < 4.78 is 0. The number of ketones is 1. The number of nitrogens with zero attached hydrogens (tertiary/aromatic N) is 3. The number of benzene rings is 2. The lowest BCUT2D eigenvalue weighted by atomic mass is 9.69. The highest BCUT2D eigenvalue weighted by Crippen LogP contribution is 2.56. The van der Waals surface area contributed by atoms with Gasteiger partial charge in [0.25, 0.3) is 0 Å². The van der Waals surface area contributed by atoms with Gasteiger partial charge in [-0.1, -0.05) is 60.7 Å². The quantitative estimate of drug-likeness (QED) is 0.822. The summed E-state index contributed by atoms with van der Waals surface area (Å²) in [7, 11) is 0. The molecule has 2 aromatic rings. The number of carbonyl (C=O) groups is 1. The van der Waals surface area contributed by atoms with Crippen molar-refractivity contribution in [1.29, 1.82) is 10.5 Å². The molecule has 2 heterocycles. The van der Waals surface area contributed by atoms with Crippen molar-refractivity contribution in [2.45, 2.75) is 30.8 Å². The first kappa shape index (κ1) is 16.8. The molecule has 0 amide bonds. The van der Waals surface area contributed by atoms with E-state index in [1.807, 2.05) is 66.7 Å². The standard InChI is InChI=1S/C24H19N3O/c25-14-24(15-26)20-13-12-16-6-4-5-9-19(16)27(20)22(23(28)18-10-11-18)21(24)17-7-2-1-3-8-17/h1-9,12-13,18,20-22H,10-11H2/t20-,21-,22-/m0/s1. The highest BCUT2D eigenvalue weighted by atomic mass is 16.1. The first-order valence-corrected chi connectivity index (χ1v) is 9.68. The molecule has 2 aliphatic heterocycles. The number of rotatable bonds is 3. The predicted molar refractivity (Wildman–Crippen MR) is 106 cm³/mol. The number of para-hydroxylation sites is 1. The van der Waals surface area contributed by atoms with Crippen LogP contribution in [0.2, 0.25) is 0 Å². The number of carbonyl (C=O) groups excluding carboxylic acids is 1. The van der Waals surface area contributed by atoms with Crippen LogP contribution in [-0.2, 0) is 4.79 Å². The van der Waals surface area contributed by atoms with Crippen molar-refractivity contribution >= 4 is 17.5 Å². The van der Waals surface area contributed by atoms with Gasteiger partial charge in [-0.25, -0.2) is 0 Å². The molecule has 0 N–H and O–H groups in total. The Morgan fingerprint density at radius 2 is 1.68 bits per heavy atom. The summed E-state index contributed by atoms with van der Waals surface area (Å²) >= 11 is 0. The van der Waals surface area contributed by atoms with Gasteiger partial charge >= 0.3 is 0 Å². The minimum Gasteiger partial charge on any atom is -0.351 e. The van der Waals surface area contributed by atoms with Gasteiger partial charge in [-0.05, 0) is 30.0 Å². The van der Waals surface area contributed by atoms with Crippen LogP contribution in [0.15, 0.2) is 60.7 Å². The lowest BCUT2D eigenvalue weighted by molar-refractivity contribution is -0.121. The Hall–Kier alpha value is -3.37. The van der Waals surface area contributed by atoms with Crippen LogP contribution < -0.4 is 4.90 Å². The number of hydrogen-bond acceptors (Lipinski definition) is 4. The fourth-order valence-corrected chi connectivity index (χ4v) is 4.90. The van der Waals surface area contributed by atoms with E-state index in [2.05, 4.69) is 17.0 Å². The monoisotopic (exact) mass is 365 g/mol. The molecule has 3 aliphatic rings. The van der Waals surface area contributed by atoms with Crippen molar-refractivity contribution in [3.63, 3.8) is 0 Å². The minimum absolute atomic E-state index is 0.0446. The smallest absolute Gasteiger partial charge is 0.176 e. The third-order valence-electron chi connectivity index (χ3n) is 6.35. The molecule has 3 atom stereocenters. The molecule has 136 valence electrons. The van der Waals surface area contributed by atoms with E-state index >= 15 is 0 Å². The summed E-state index contributed by atoms with van der Waals surface area (Å²) in [6.45, 7) is 0. The summed E-state index contributed by atoms with van der Waals surface area (Å²) in [5.41, 5.74) is 1.51. The van der Waals surface area contributed by atoms with Crippen LogP contribution in [-0.4, -0.2) is 17.9 Å². The zero-order valence-electron chi connectivity index (χ0n) is 15.3. The van der Waals surface area contributed by atoms with Crippen molar-refractivity contribution in [3.05, 3.63) is 71.8 Å². The third-order valence-corrected chi connectivity index (χ3v) is 6.35. The first-order valence-electron chi connectivity index (χ1n) is 9.68. The molecule has 2 fully saturated rings. The second-order valence-corrected chi connectivity index (χ2v) is 7.87. The van der Waals surface area contributed by atoms with Crippen molar-refractivity contribution in [1.82, 2.24) is 0 Å². The highest BCUT2D eigenvalue weighted by molar-refractivity contribution is 5.95. The van der Waals surface area contributed by atoms with E-state index in [-0.39, 0.29) is 11.7 Å². The van der Waals surface area contributed by atoms with Crippen molar-refractivity contribution in [3.8, 4) is 12.1 Å². The van der Waals surface area contributed by atoms with Crippen LogP contribution in [0.1, 0.15) is 29.9 Å². The number of anilines is 1. The normalized spacial score (nSPS) is 26.6. The van der Waals surface area contributed by atoms with Crippen molar-refractivity contribution in [2.75, 3.05) is 4.90 Å². The number of fused-ring (bicyclic) bond motifs is 3. The number of nitriles is 2. The maximum atomic E-state index is 13.5. The van der Waals surface area contributed by atoms with E-state index in [1.165, 1.54) is 0 Å². The fourth-order valence-electron chi connectivity index (χ4n) is 4.90. The Labute approximate surface area is 164 Å². The van der Waals surface area contributed by atoms with E-state index in [0.717, 1.165) is 29.7 Å². The Bertz CT molecular complexity index is 1040. The second-order valence-electron chi connectivity index (χ2n) is 7.87. The van der Waals surface area contributed by atoms with Gasteiger partial charge in [-0.2, -0.15) is 10.5 Å². The highest BCUT2D eigenvalue weighted by Gasteiger charge is 2.64. The van der Waals surface area contributed by atoms with Crippen LogP contribution in [0.4, 0.5) is 5.69 Å². The SMILES string of the molecule is N#CC1(C#N)[C@@H]2C=Cc3ccccc3N2[C@H](C(=O)C2CC2)[C@@H]1c1ccccc1. The molecule has 2 aromatic carbocycles. The van der Waals surface area contributed by atoms with E-state index in [0.29, 0.717) is 0 Å². The minimum atomic E-state index is -1.32. The fraction of sp³-hybridized carbons (Fsp3) is 0.292. The molecule has 1 saturated carbocycles. The van der Waals surface area contributed by atoms with Crippen molar-refractivity contribution < 1.29 is 4.79 Å². The van der Waals surface area contributed by atoms with Crippen LogP contribution in [0, 0.1) is 34.0 Å². The largest absolute Gasteiger partial charge is 0.351 e. The lowest BCUT2D eigenvalue weighted by Crippen LogP contribution is -2.44. The van der Waals surface area contributed by atoms with E-state index in [4.69, 9.17) is 0 Å². The van der Waals surface area contributed by atoms with Gasteiger partial charge in [0, 0.05) is 17.5 Å². The molecular formula is C24H19N3O. The Balaban J connectivity index is 1.77. The van der Waals surface area contributed by atoms with Gasteiger partial charge < -0.3 is 4.90 Å². The van der Waals surface area contributed by atoms with Gasteiger partial charge in [-0.3, -0.25) is 4.79 Å². The zero-order chi connectivity index (χ0) is 19.3. The van der Waals surface area contributed by atoms with Gasteiger partial charge in [0.2, 0.25) is 0 Å². The summed E-state index contributed by atoms with van der Waals surface area (Å²) in [4.78, 5) is 15.5. The first-order chi connectivity index (χ1) is 13.7. The van der Waals surface area contributed by atoms with E-state index in [9.17, 15) is 15.3 Å². The number of Topliss-reactive ketones (excluding diaryl/α,β-unsaturated/α-hetero) is 1. The van der Waals surface area contributed by atoms with Crippen LogP contribution in [0.5, 0.6) is 0 Å². The molecule has 0 bridgehead atoms. The average molecular weight is 365 g/mol. The summed E-state index contributed by atoms with van der Waals surface area (Å²) in [5.74, 6) is -0.281. The Morgan fingerprint density at radius 1 is 1.00 bits per heavy atom. The molecule has 0 unspecified atom stereocenters. The third kappa shape index (κ3) is 2.18. The van der Waals surface area contributed by atoms with E-state index < -0.39 is 23.4 Å². The Kier molecular flexibility index (Phi) is 3.64. The molecule has 28 heavy (non-hydrogen) atoms. The second kappa shape index (κ2) is 6.08. The number of hydrogen-bond donors (Lipinski definition) is 0. The van der Waals surface area contributed by atoms with E-state index in [1.54, 1.807) is 0 Å². The molecule has 1 aliphatic carbocycles. The molecule has 4 heteroatoms. The molecule has 0 radical (unpaired) electrons. The lowest BCUT2D eigenvalue weighted by Gasteiger charge is -2.35.